The van der Waals surface area contributed by atoms with Gasteiger partial charge in [-0.3, -0.25) is 0 Å². The molecule has 1 heterocycles. The van der Waals surface area contributed by atoms with Gasteiger partial charge in [0.15, 0.2) is 5.82 Å². The first-order valence-corrected chi connectivity index (χ1v) is 5.89. The van der Waals surface area contributed by atoms with Crippen LogP contribution in [0.5, 0.6) is 0 Å². The summed E-state index contributed by atoms with van der Waals surface area (Å²) in [5, 5.41) is 3.46. The Labute approximate surface area is 103 Å². The number of ether oxygens (including phenoxy) is 1. The van der Waals surface area contributed by atoms with E-state index in [2.05, 4.69) is 10.1 Å². The first-order valence-electron chi connectivity index (χ1n) is 5.46. The summed E-state index contributed by atoms with van der Waals surface area (Å²) in [5.41, 5.74) is 0. The van der Waals surface area contributed by atoms with Crippen LogP contribution in [0, 0.1) is 0 Å². The summed E-state index contributed by atoms with van der Waals surface area (Å²) in [5.74, 6) is 0.799. The fourth-order valence-corrected chi connectivity index (χ4v) is 1.52. The third kappa shape index (κ3) is 5.41. The molecule has 1 unspecified atom stereocenters. The van der Waals surface area contributed by atoms with Gasteiger partial charge in [-0.15, -0.1) is 11.6 Å². The minimum absolute atomic E-state index is 0.132. The Balaban J connectivity index is 2.30. The van der Waals surface area contributed by atoms with Crippen LogP contribution in [-0.2, 0) is 11.2 Å². The molecule has 0 fully saturated rings. The Kier molecular flexibility index (Phi) is 6.36. The highest BCUT2D eigenvalue weighted by molar-refractivity contribution is 6.20. The monoisotopic (exact) mass is 268 g/mol. The third-order valence-electron chi connectivity index (χ3n) is 2.01. The number of hydrogen-bond acceptors (Lipinski definition) is 4. The molecule has 98 valence electrons. The van der Waals surface area contributed by atoms with Crippen LogP contribution in [0.2, 0.25) is 0 Å². The van der Waals surface area contributed by atoms with Crippen LogP contribution in [0.25, 0.3) is 0 Å². The summed E-state index contributed by atoms with van der Waals surface area (Å²) < 4.78 is 33.2. The van der Waals surface area contributed by atoms with Gasteiger partial charge in [0.05, 0.1) is 18.4 Å². The molecule has 0 bridgehead atoms. The van der Waals surface area contributed by atoms with E-state index in [1.165, 1.54) is 0 Å². The van der Waals surface area contributed by atoms with Crippen LogP contribution >= 0.6 is 11.6 Å². The summed E-state index contributed by atoms with van der Waals surface area (Å²) in [6.45, 7) is 1.57. The fourth-order valence-electron chi connectivity index (χ4n) is 1.21. The van der Waals surface area contributed by atoms with Gasteiger partial charge < -0.3 is 9.26 Å². The fraction of sp³-hybridized carbons (Fsp3) is 0.800. The Morgan fingerprint density at radius 2 is 2.24 bits per heavy atom. The van der Waals surface area contributed by atoms with Crippen LogP contribution in [0.15, 0.2) is 4.52 Å². The average Bonchev–Trinajstić information content (AvgIpc) is 2.73. The van der Waals surface area contributed by atoms with Crippen LogP contribution in [0.4, 0.5) is 8.78 Å². The summed E-state index contributed by atoms with van der Waals surface area (Å²) in [6, 6.07) is 0. The summed E-state index contributed by atoms with van der Waals surface area (Å²) in [6.07, 6.45) is -0.446. The Bertz CT molecular complexity index is 323. The molecule has 0 aromatic carbocycles. The molecule has 1 aromatic rings. The minimum Gasteiger partial charge on any atom is -0.375 e. The zero-order valence-corrected chi connectivity index (χ0v) is 10.3. The average molecular weight is 269 g/mol. The Hall–Kier alpha value is -0.750. The Morgan fingerprint density at radius 3 is 2.88 bits per heavy atom. The zero-order chi connectivity index (χ0) is 12.7. The predicted octanol–water partition coefficient (Wildman–Crippen LogP) is 2.97. The number of rotatable bonds is 8. The van der Waals surface area contributed by atoms with Gasteiger partial charge in [-0.1, -0.05) is 18.5 Å². The van der Waals surface area contributed by atoms with E-state index >= 15 is 0 Å². The van der Waals surface area contributed by atoms with E-state index < -0.39 is 13.0 Å². The minimum atomic E-state index is -2.45. The highest BCUT2D eigenvalue weighted by Crippen LogP contribution is 2.22. The second-order valence-electron chi connectivity index (χ2n) is 3.52. The molecule has 1 atom stereocenters. The molecule has 1 rings (SSSR count). The van der Waals surface area contributed by atoms with Crippen LogP contribution in [0.1, 0.15) is 36.9 Å². The quantitative estimate of drug-likeness (QED) is 0.537. The maximum Gasteiger partial charge on any atom is 0.261 e. The number of alkyl halides is 3. The summed E-state index contributed by atoms with van der Waals surface area (Å²) >= 11 is 6.01. The molecular weight excluding hydrogens is 254 g/mol. The normalized spacial score (nSPS) is 13.2. The van der Waals surface area contributed by atoms with Crippen LogP contribution in [-0.4, -0.2) is 29.8 Å². The van der Waals surface area contributed by atoms with Crippen LogP contribution in [0.3, 0.4) is 0 Å². The van der Waals surface area contributed by atoms with Crippen LogP contribution < -0.4 is 0 Å². The second kappa shape index (κ2) is 7.55. The summed E-state index contributed by atoms with van der Waals surface area (Å²) in [4.78, 5) is 4.07. The molecule has 0 saturated carbocycles. The molecule has 0 aliphatic carbocycles. The van der Waals surface area contributed by atoms with Gasteiger partial charge in [0, 0.05) is 0 Å². The maximum atomic E-state index is 11.8. The van der Waals surface area contributed by atoms with Crippen molar-refractivity contribution in [2.75, 3.05) is 13.2 Å². The van der Waals surface area contributed by atoms with Crippen molar-refractivity contribution in [3.8, 4) is 0 Å². The lowest BCUT2D eigenvalue weighted by atomic mass is 10.2. The molecule has 0 saturated heterocycles. The maximum absolute atomic E-state index is 11.8. The van der Waals surface area contributed by atoms with E-state index in [0.717, 1.165) is 12.8 Å². The van der Waals surface area contributed by atoms with E-state index in [4.69, 9.17) is 20.9 Å². The molecule has 0 amide bonds. The SMILES string of the molecule is CCCC(Cl)c1noc(CCOCC(F)F)n1. The van der Waals surface area contributed by atoms with Crippen molar-refractivity contribution >= 4 is 11.6 Å². The molecule has 17 heavy (non-hydrogen) atoms. The molecule has 0 aliphatic heterocycles. The lowest BCUT2D eigenvalue weighted by Crippen LogP contribution is -2.07. The zero-order valence-electron chi connectivity index (χ0n) is 9.54. The first kappa shape index (κ1) is 14.3. The molecular formula is C10H15ClF2N2O2. The largest absolute Gasteiger partial charge is 0.375 e. The van der Waals surface area contributed by atoms with Crippen molar-refractivity contribution in [2.45, 2.75) is 38.0 Å². The molecule has 0 N–H and O–H groups in total. The standard InChI is InChI=1S/C10H15ClF2N2O2/c1-2-3-7(11)10-14-9(17-15-10)4-5-16-6-8(12)13/h7-8H,2-6H2,1H3. The van der Waals surface area contributed by atoms with Gasteiger partial charge in [-0.2, -0.15) is 4.98 Å². The third-order valence-corrected chi connectivity index (χ3v) is 2.42. The second-order valence-corrected chi connectivity index (χ2v) is 4.05. The molecule has 4 nitrogen and oxygen atoms in total. The number of halogens is 3. The van der Waals surface area contributed by atoms with Crippen molar-refractivity contribution in [1.29, 1.82) is 0 Å². The van der Waals surface area contributed by atoms with Gasteiger partial charge in [-0.25, -0.2) is 8.78 Å². The van der Waals surface area contributed by atoms with E-state index in [-0.39, 0.29) is 12.0 Å². The van der Waals surface area contributed by atoms with E-state index in [0.29, 0.717) is 18.1 Å². The van der Waals surface area contributed by atoms with Gasteiger partial charge >= 0.3 is 0 Å². The lowest BCUT2D eigenvalue weighted by molar-refractivity contribution is 0.0171. The molecule has 7 heteroatoms. The predicted molar refractivity (Wildman–Crippen MR) is 58.3 cm³/mol. The first-order chi connectivity index (χ1) is 8.13. The molecule has 0 radical (unpaired) electrons. The highest BCUT2D eigenvalue weighted by atomic mass is 35.5. The smallest absolute Gasteiger partial charge is 0.261 e. The molecule has 1 aromatic heterocycles. The number of nitrogens with zero attached hydrogens (tertiary/aromatic N) is 2. The van der Waals surface area contributed by atoms with E-state index in [9.17, 15) is 8.78 Å². The van der Waals surface area contributed by atoms with Crippen molar-refractivity contribution in [1.82, 2.24) is 10.1 Å². The van der Waals surface area contributed by atoms with Crippen molar-refractivity contribution in [3.05, 3.63) is 11.7 Å². The Morgan fingerprint density at radius 1 is 1.47 bits per heavy atom. The lowest BCUT2D eigenvalue weighted by Gasteiger charge is -2.00. The number of hydrogen-bond donors (Lipinski definition) is 0. The van der Waals surface area contributed by atoms with E-state index in [1.807, 2.05) is 6.92 Å². The topological polar surface area (TPSA) is 48.2 Å². The molecule has 0 aliphatic rings. The van der Waals surface area contributed by atoms with Gasteiger partial charge in [0.2, 0.25) is 5.89 Å². The summed E-state index contributed by atoms with van der Waals surface area (Å²) in [7, 11) is 0. The van der Waals surface area contributed by atoms with Gasteiger partial charge in [0.1, 0.15) is 6.61 Å². The molecule has 0 spiro atoms. The van der Waals surface area contributed by atoms with Gasteiger partial charge in [-0.05, 0) is 6.42 Å². The number of aromatic nitrogens is 2. The van der Waals surface area contributed by atoms with Gasteiger partial charge in [0.25, 0.3) is 6.43 Å². The highest BCUT2D eigenvalue weighted by Gasteiger charge is 2.14. The van der Waals surface area contributed by atoms with E-state index in [1.54, 1.807) is 0 Å². The van der Waals surface area contributed by atoms with Crippen molar-refractivity contribution in [3.63, 3.8) is 0 Å². The van der Waals surface area contributed by atoms with Crippen molar-refractivity contribution in [2.24, 2.45) is 0 Å². The van der Waals surface area contributed by atoms with Crippen molar-refractivity contribution < 1.29 is 18.0 Å².